The third-order valence-electron chi connectivity index (χ3n) is 4.49. The van der Waals surface area contributed by atoms with Gasteiger partial charge < -0.3 is 9.80 Å². The van der Waals surface area contributed by atoms with Gasteiger partial charge in [0.1, 0.15) is 0 Å². The molecule has 0 bridgehead atoms. The predicted molar refractivity (Wildman–Crippen MR) is 86.0 cm³/mol. The molecule has 1 atom stereocenters. The van der Waals surface area contributed by atoms with E-state index < -0.39 is 0 Å². The Balaban J connectivity index is 2.11. The third-order valence-corrected chi connectivity index (χ3v) is 4.49. The van der Waals surface area contributed by atoms with Crippen LogP contribution in [0.4, 0.5) is 0 Å². The maximum atomic E-state index is 2.66. The van der Waals surface area contributed by atoms with Gasteiger partial charge in [0.15, 0.2) is 0 Å². The summed E-state index contributed by atoms with van der Waals surface area (Å²) in [6.45, 7) is 12.6. The third kappa shape index (κ3) is 4.05. The highest BCUT2D eigenvalue weighted by Gasteiger charge is 2.24. The Hall–Kier alpha value is -0.900. The van der Waals surface area contributed by atoms with Crippen LogP contribution in [0.15, 0.2) is 30.3 Å². The molecule has 1 aliphatic rings. The predicted octanol–water partition coefficient (Wildman–Crippen LogP) is 2.32. The first kappa shape index (κ1) is 15.5. The quantitative estimate of drug-likeness (QED) is 0.789. The highest BCUT2D eigenvalue weighted by molar-refractivity contribution is 5.19. The lowest BCUT2D eigenvalue weighted by Crippen LogP contribution is -2.48. The van der Waals surface area contributed by atoms with E-state index in [1.165, 1.54) is 31.7 Å². The van der Waals surface area contributed by atoms with Crippen molar-refractivity contribution in [1.29, 1.82) is 0 Å². The maximum absolute atomic E-state index is 2.66. The Morgan fingerprint density at radius 2 is 1.60 bits per heavy atom. The highest BCUT2D eigenvalue weighted by atomic mass is 15.3. The van der Waals surface area contributed by atoms with Crippen LogP contribution in [0.2, 0.25) is 0 Å². The highest BCUT2D eigenvalue weighted by Crippen LogP contribution is 2.23. The molecule has 20 heavy (non-hydrogen) atoms. The fourth-order valence-corrected chi connectivity index (χ4v) is 2.97. The van der Waals surface area contributed by atoms with Crippen molar-refractivity contribution >= 4 is 0 Å². The average molecular weight is 275 g/mol. The van der Waals surface area contributed by atoms with Gasteiger partial charge >= 0.3 is 0 Å². The second kappa shape index (κ2) is 7.77. The zero-order valence-corrected chi connectivity index (χ0v) is 13.3. The van der Waals surface area contributed by atoms with Gasteiger partial charge in [-0.2, -0.15) is 0 Å². The molecule has 0 amide bonds. The molecule has 1 aliphatic heterocycles. The summed E-state index contributed by atoms with van der Waals surface area (Å²) in [7, 11) is 2.22. The van der Waals surface area contributed by atoms with Crippen LogP contribution in [0, 0.1) is 0 Å². The van der Waals surface area contributed by atoms with Crippen molar-refractivity contribution < 1.29 is 0 Å². The first-order valence-corrected chi connectivity index (χ1v) is 7.94. The smallest absolute Gasteiger partial charge is 0.0476 e. The number of rotatable bonds is 6. The van der Waals surface area contributed by atoms with Gasteiger partial charge in [-0.3, -0.25) is 4.90 Å². The zero-order chi connectivity index (χ0) is 14.4. The fourth-order valence-electron chi connectivity index (χ4n) is 2.97. The minimum atomic E-state index is 0.532. The summed E-state index contributed by atoms with van der Waals surface area (Å²) in [6, 6.07) is 11.5. The van der Waals surface area contributed by atoms with E-state index >= 15 is 0 Å². The van der Waals surface area contributed by atoms with Gasteiger partial charge in [0.05, 0.1) is 0 Å². The molecule has 0 aliphatic carbocycles. The monoisotopic (exact) mass is 275 g/mol. The van der Waals surface area contributed by atoms with Gasteiger partial charge in [0.25, 0.3) is 0 Å². The van der Waals surface area contributed by atoms with Crippen molar-refractivity contribution in [1.82, 2.24) is 14.7 Å². The number of likely N-dealkylation sites (N-methyl/N-ethyl adjacent to an activating group) is 2. The summed E-state index contributed by atoms with van der Waals surface area (Å²) >= 11 is 0. The second-order valence-electron chi connectivity index (χ2n) is 5.75. The van der Waals surface area contributed by atoms with Crippen molar-refractivity contribution in [2.45, 2.75) is 19.9 Å². The Kier molecular flexibility index (Phi) is 6.02. The minimum absolute atomic E-state index is 0.532. The van der Waals surface area contributed by atoms with Crippen molar-refractivity contribution in [3.63, 3.8) is 0 Å². The molecule has 0 N–H and O–H groups in total. The van der Waals surface area contributed by atoms with Gasteiger partial charge in [-0.15, -0.1) is 0 Å². The minimum Gasteiger partial charge on any atom is -0.304 e. The van der Waals surface area contributed by atoms with Crippen LogP contribution in [0.1, 0.15) is 25.5 Å². The normalized spacial score (nSPS) is 19.4. The molecule has 0 unspecified atom stereocenters. The van der Waals surface area contributed by atoms with Crippen molar-refractivity contribution in [2.24, 2.45) is 0 Å². The Morgan fingerprint density at radius 3 is 2.15 bits per heavy atom. The van der Waals surface area contributed by atoms with Crippen LogP contribution in [0.25, 0.3) is 0 Å². The SMILES string of the molecule is CCN(CC)C[C@@H](c1ccccc1)N1CCN(C)CC1. The van der Waals surface area contributed by atoms with Gasteiger partial charge in [-0.05, 0) is 25.7 Å². The first-order valence-electron chi connectivity index (χ1n) is 7.94. The second-order valence-corrected chi connectivity index (χ2v) is 5.75. The molecule has 2 rings (SSSR count). The van der Waals surface area contributed by atoms with Gasteiger partial charge in [-0.25, -0.2) is 0 Å². The van der Waals surface area contributed by atoms with Crippen LogP contribution < -0.4 is 0 Å². The van der Waals surface area contributed by atoms with Gasteiger partial charge in [0, 0.05) is 38.8 Å². The van der Waals surface area contributed by atoms with Crippen molar-refractivity contribution in [3.8, 4) is 0 Å². The number of hydrogen-bond acceptors (Lipinski definition) is 3. The largest absolute Gasteiger partial charge is 0.304 e. The van der Waals surface area contributed by atoms with Gasteiger partial charge in [-0.1, -0.05) is 44.2 Å². The standard InChI is InChI=1S/C17H29N3/c1-4-19(5-2)15-17(16-9-7-6-8-10-16)20-13-11-18(3)12-14-20/h6-10,17H,4-5,11-15H2,1-3H3/t17-/m0/s1. The van der Waals surface area contributed by atoms with E-state index in [4.69, 9.17) is 0 Å². The van der Waals surface area contributed by atoms with E-state index in [0.717, 1.165) is 19.6 Å². The van der Waals surface area contributed by atoms with E-state index in [-0.39, 0.29) is 0 Å². The Morgan fingerprint density at radius 1 is 1.00 bits per heavy atom. The molecule has 3 heteroatoms. The molecule has 1 fully saturated rings. The lowest BCUT2D eigenvalue weighted by atomic mass is 10.0. The van der Waals surface area contributed by atoms with Crippen LogP contribution >= 0.6 is 0 Å². The molecular formula is C17H29N3. The van der Waals surface area contributed by atoms with E-state index in [1.54, 1.807) is 0 Å². The molecule has 1 saturated heterocycles. The molecule has 3 nitrogen and oxygen atoms in total. The summed E-state index contributed by atoms with van der Waals surface area (Å²) in [4.78, 5) is 7.62. The van der Waals surface area contributed by atoms with Gasteiger partial charge in [0.2, 0.25) is 0 Å². The maximum Gasteiger partial charge on any atom is 0.0476 e. The summed E-state index contributed by atoms with van der Waals surface area (Å²) in [6.07, 6.45) is 0. The molecule has 1 aromatic rings. The molecule has 1 heterocycles. The average Bonchev–Trinajstić information content (AvgIpc) is 2.51. The molecule has 0 radical (unpaired) electrons. The lowest BCUT2D eigenvalue weighted by molar-refractivity contribution is 0.0877. The number of hydrogen-bond donors (Lipinski definition) is 0. The lowest BCUT2D eigenvalue weighted by Gasteiger charge is -2.40. The van der Waals surface area contributed by atoms with E-state index in [0.29, 0.717) is 6.04 Å². The van der Waals surface area contributed by atoms with Crippen molar-refractivity contribution in [2.75, 3.05) is 52.9 Å². The summed E-state index contributed by atoms with van der Waals surface area (Å²) < 4.78 is 0. The number of piperazine rings is 1. The molecule has 1 aromatic carbocycles. The Bertz CT molecular complexity index is 367. The summed E-state index contributed by atoms with van der Waals surface area (Å²) in [5.74, 6) is 0. The topological polar surface area (TPSA) is 9.72 Å². The molecule has 0 saturated carbocycles. The van der Waals surface area contributed by atoms with Crippen LogP contribution in [0.5, 0.6) is 0 Å². The molecule has 0 aromatic heterocycles. The van der Waals surface area contributed by atoms with E-state index in [1.807, 2.05) is 0 Å². The van der Waals surface area contributed by atoms with Crippen LogP contribution in [-0.2, 0) is 0 Å². The molecule has 112 valence electrons. The molecule has 0 spiro atoms. The van der Waals surface area contributed by atoms with Crippen LogP contribution in [0.3, 0.4) is 0 Å². The summed E-state index contributed by atoms with van der Waals surface area (Å²) in [5, 5.41) is 0. The first-order chi connectivity index (χ1) is 9.74. The Labute approximate surface area is 124 Å². The van der Waals surface area contributed by atoms with Crippen LogP contribution in [-0.4, -0.2) is 67.6 Å². The summed E-state index contributed by atoms with van der Waals surface area (Å²) in [5.41, 5.74) is 1.46. The zero-order valence-electron chi connectivity index (χ0n) is 13.3. The van der Waals surface area contributed by atoms with Crippen molar-refractivity contribution in [3.05, 3.63) is 35.9 Å². The van der Waals surface area contributed by atoms with E-state index in [2.05, 4.69) is 65.9 Å². The number of benzene rings is 1. The molecular weight excluding hydrogens is 246 g/mol. The number of nitrogens with zero attached hydrogens (tertiary/aromatic N) is 3. The van der Waals surface area contributed by atoms with E-state index in [9.17, 15) is 0 Å². The fraction of sp³-hybridized carbons (Fsp3) is 0.647.